The van der Waals surface area contributed by atoms with E-state index < -0.39 is 0 Å². The second kappa shape index (κ2) is 8.51. The van der Waals surface area contributed by atoms with Crippen molar-refractivity contribution < 1.29 is 4.79 Å². The van der Waals surface area contributed by atoms with E-state index in [4.69, 9.17) is 5.26 Å². The van der Waals surface area contributed by atoms with Gasteiger partial charge < -0.3 is 5.32 Å². The Morgan fingerprint density at radius 3 is 2.81 bits per heavy atom. The highest BCUT2D eigenvalue weighted by molar-refractivity contribution is 7.98. The van der Waals surface area contributed by atoms with E-state index in [1.807, 2.05) is 45.0 Å². The number of aromatic nitrogens is 2. The van der Waals surface area contributed by atoms with Crippen molar-refractivity contribution in [3.63, 3.8) is 0 Å². The van der Waals surface area contributed by atoms with Gasteiger partial charge >= 0.3 is 0 Å². The van der Waals surface area contributed by atoms with E-state index in [-0.39, 0.29) is 5.91 Å². The minimum atomic E-state index is -0.0643. The molecule has 0 aliphatic heterocycles. The molecule has 2 aromatic heterocycles. The fourth-order valence-electron chi connectivity index (χ4n) is 2.94. The Bertz CT molecular complexity index is 1040. The lowest BCUT2D eigenvalue weighted by Crippen LogP contribution is -2.25. The summed E-state index contributed by atoms with van der Waals surface area (Å²) in [6.45, 7) is 6.35. The zero-order valence-electron chi connectivity index (χ0n) is 15.5. The zero-order valence-corrected chi connectivity index (χ0v) is 17.1. The molecule has 1 N–H and O–H groups in total. The lowest BCUT2D eigenvalue weighted by molar-refractivity contribution is 0.0960. The number of rotatable bonds is 6. The molecule has 0 saturated carbocycles. The summed E-state index contributed by atoms with van der Waals surface area (Å²) in [5.74, 6) is 2.20. The molecule has 0 saturated heterocycles. The molecule has 0 spiro atoms. The summed E-state index contributed by atoms with van der Waals surface area (Å²) in [7, 11) is 0. The van der Waals surface area contributed by atoms with Gasteiger partial charge in [-0.25, -0.2) is 9.97 Å². The standard InChI is InChI=1S/C20H20N4OS2/c1-12-17-13(2)23-14(3)24-20(17)27-18(12)19(25)22-8-9-26-11-16-7-5-4-6-15(16)10-21/h4-7H,8-9,11H2,1-3H3,(H,22,25). The number of nitriles is 1. The summed E-state index contributed by atoms with van der Waals surface area (Å²) in [5, 5.41) is 13.1. The average Bonchev–Trinajstić information content (AvgIpc) is 2.98. The van der Waals surface area contributed by atoms with Crippen molar-refractivity contribution in [2.24, 2.45) is 0 Å². The van der Waals surface area contributed by atoms with Crippen LogP contribution in [-0.4, -0.2) is 28.2 Å². The van der Waals surface area contributed by atoms with Gasteiger partial charge in [-0.05, 0) is 38.0 Å². The Balaban J connectivity index is 1.57. The van der Waals surface area contributed by atoms with Crippen LogP contribution < -0.4 is 5.32 Å². The lowest BCUT2D eigenvalue weighted by atomic mass is 10.1. The maximum absolute atomic E-state index is 12.6. The minimum Gasteiger partial charge on any atom is -0.351 e. The number of carbonyl (C=O) groups is 1. The van der Waals surface area contributed by atoms with Crippen LogP contribution in [0.4, 0.5) is 0 Å². The van der Waals surface area contributed by atoms with Crippen molar-refractivity contribution in [2.45, 2.75) is 26.5 Å². The summed E-state index contributed by atoms with van der Waals surface area (Å²) in [5.41, 5.74) is 3.60. The largest absolute Gasteiger partial charge is 0.351 e. The van der Waals surface area contributed by atoms with Gasteiger partial charge in [0.25, 0.3) is 5.91 Å². The van der Waals surface area contributed by atoms with E-state index >= 15 is 0 Å². The van der Waals surface area contributed by atoms with Crippen molar-refractivity contribution >= 4 is 39.2 Å². The van der Waals surface area contributed by atoms with Crippen molar-refractivity contribution in [1.82, 2.24) is 15.3 Å². The van der Waals surface area contributed by atoms with Crippen LogP contribution in [0.15, 0.2) is 24.3 Å². The number of hydrogen-bond acceptors (Lipinski definition) is 6. The topological polar surface area (TPSA) is 78.7 Å². The molecule has 1 amide bonds. The molecule has 0 unspecified atom stereocenters. The molecule has 0 atom stereocenters. The van der Waals surface area contributed by atoms with Crippen LogP contribution in [0, 0.1) is 32.1 Å². The maximum atomic E-state index is 12.6. The average molecular weight is 397 g/mol. The number of aryl methyl sites for hydroxylation is 3. The van der Waals surface area contributed by atoms with E-state index in [0.29, 0.717) is 17.0 Å². The fourth-order valence-corrected chi connectivity index (χ4v) is 5.00. The molecule has 0 aliphatic rings. The van der Waals surface area contributed by atoms with Crippen LogP contribution in [0.5, 0.6) is 0 Å². The maximum Gasteiger partial charge on any atom is 0.261 e. The van der Waals surface area contributed by atoms with Crippen LogP contribution in [0.1, 0.15) is 37.9 Å². The van der Waals surface area contributed by atoms with Gasteiger partial charge in [0.1, 0.15) is 10.7 Å². The van der Waals surface area contributed by atoms with Crippen molar-refractivity contribution in [1.29, 1.82) is 5.26 Å². The Morgan fingerprint density at radius 1 is 1.26 bits per heavy atom. The van der Waals surface area contributed by atoms with Crippen molar-refractivity contribution in [3.8, 4) is 6.07 Å². The first-order chi connectivity index (χ1) is 13.0. The highest BCUT2D eigenvalue weighted by Gasteiger charge is 2.18. The molecule has 0 aliphatic carbocycles. The van der Waals surface area contributed by atoms with E-state index in [1.54, 1.807) is 11.8 Å². The smallest absolute Gasteiger partial charge is 0.261 e. The van der Waals surface area contributed by atoms with Gasteiger partial charge in [-0.2, -0.15) is 17.0 Å². The van der Waals surface area contributed by atoms with Crippen LogP contribution in [-0.2, 0) is 5.75 Å². The third-order valence-electron chi connectivity index (χ3n) is 4.22. The second-order valence-corrected chi connectivity index (χ2v) is 8.27. The van der Waals surface area contributed by atoms with Gasteiger partial charge in [0.15, 0.2) is 0 Å². The first kappa shape index (κ1) is 19.3. The van der Waals surface area contributed by atoms with Gasteiger partial charge in [-0.3, -0.25) is 4.79 Å². The first-order valence-electron chi connectivity index (χ1n) is 8.59. The van der Waals surface area contributed by atoms with Gasteiger partial charge in [0.05, 0.1) is 16.5 Å². The van der Waals surface area contributed by atoms with Crippen LogP contribution >= 0.6 is 23.1 Å². The summed E-state index contributed by atoms with van der Waals surface area (Å²) < 4.78 is 0. The zero-order chi connectivity index (χ0) is 19.4. The minimum absolute atomic E-state index is 0.0643. The molecule has 138 valence electrons. The van der Waals surface area contributed by atoms with E-state index in [1.165, 1.54) is 11.3 Å². The second-order valence-electron chi connectivity index (χ2n) is 6.17. The lowest BCUT2D eigenvalue weighted by Gasteiger charge is -2.06. The van der Waals surface area contributed by atoms with Crippen LogP contribution in [0.25, 0.3) is 10.2 Å². The number of amides is 1. The molecule has 2 heterocycles. The van der Waals surface area contributed by atoms with Crippen molar-refractivity contribution in [2.75, 3.05) is 12.3 Å². The Labute approximate surface area is 166 Å². The Hall–Kier alpha value is -2.43. The summed E-state index contributed by atoms with van der Waals surface area (Å²) >= 11 is 3.12. The number of nitrogens with zero attached hydrogens (tertiary/aromatic N) is 3. The molecule has 0 fully saturated rings. The monoisotopic (exact) mass is 396 g/mol. The van der Waals surface area contributed by atoms with Crippen molar-refractivity contribution in [3.05, 3.63) is 57.4 Å². The molecular weight excluding hydrogens is 376 g/mol. The van der Waals surface area contributed by atoms with Gasteiger partial charge in [-0.15, -0.1) is 11.3 Å². The number of thioether (sulfide) groups is 1. The Kier molecular flexibility index (Phi) is 6.09. The molecule has 5 nitrogen and oxygen atoms in total. The van der Waals surface area contributed by atoms with Crippen LogP contribution in [0.3, 0.4) is 0 Å². The highest BCUT2D eigenvalue weighted by atomic mass is 32.2. The number of thiophene rings is 1. The van der Waals surface area contributed by atoms with E-state index in [0.717, 1.165) is 44.4 Å². The Morgan fingerprint density at radius 2 is 2.04 bits per heavy atom. The number of hydrogen-bond donors (Lipinski definition) is 1. The molecule has 1 aromatic carbocycles. The SMILES string of the molecule is Cc1nc(C)c2c(C)c(C(=O)NCCSCc3ccccc3C#N)sc2n1. The molecule has 3 aromatic rings. The molecule has 0 bridgehead atoms. The van der Waals surface area contributed by atoms with Crippen LogP contribution in [0.2, 0.25) is 0 Å². The quantitative estimate of drug-likeness (QED) is 0.633. The molecule has 3 rings (SSSR count). The van der Waals surface area contributed by atoms with Gasteiger partial charge in [-0.1, -0.05) is 18.2 Å². The van der Waals surface area contributed by atoms with Gasteiger partial charge in [0.2, 0.25) is 0 Å². The van der Waals surface area contributed by atoms with Gasteiger partial charge in [0, 0.05) is 29.1 Å². The molecule has 27 heavy (non-hydrogen) atoms. The summed E-state index contributed by atoms with van der Waals surface area (Å²) in [6, 6.07) is 9.82. The third kappa shape index (κ3) is 4.29. The van der Waals surface area contributed by atoms with E-state index in [9.17, 15) is 4.79 Å². The summed E-state index contributed by atoms with van der Waals surface area (Å²) in [4.78, 5) is 23.0. The number of benzene rings is 1. The normalized spacial score (nSPS) is 10.7. The highest BCUT2D eigenvalue weighted by Crippen LogP contribution is 2.31. The number of carbonyl (C=O) groups excluding carboxylic acids is 1. The third-order valence-corrected chi connectivity index (χ3v) is 6.41. The number of fused-ring (bicyclic) bond motifs is 1. The molecule has 7 heteroatoms. The fraction of sp³-hybridized carbons (Fsp3) is 0.300. The summed E-state index contributed by atoms with van der Waals surface area (Å²) in [6.07, 6.45) is 0. The molecular formula is C20H20N4OS2. The predicted octanol–water partition coefficient (Wildman–Crippen LogP) is 4.15. The first-order valence-corrected chi connectivity index (χ1v) is 10.6. The molecule has 0 radical (unpaired) electrons. The van der Waals surface area contributed by atoms with E-state index in [2.05, 4.69) is 21.4 Å². The predicted molar refractivity (Wildman–Crippen MR) is 111 cm³/mol. The number of nitrogens with one attached hydrogen (secondary N) is 1.